The molecule has 2 rings (SSSR count). The molecule has 0 saturated carbocycles. The van der Waals surface area contributed by atoms with Crippen LogP contribution in [0.25, 0.3) is 0 Å². The highest BCUT2D eigenvalue weighted by molar-refractivity contribution is 7.89. The van der Waals surface area contributed by atoms with Crippen molar-refractivity contribution in [3.05, 3.63) is 63.2 Å². The molecule has 0 radical (unpaired) electrons. The first-order valence-corrected chi connectivity index (χ1v) is 9.06. The first-order chi connectivity index (χ1) is 11.7. The molecule has 0 aromatic heterocycles. The fourth-order valence-corrected chi connectivity index (χ4v) is 3.91. The molecule has 0 aliphatic rings. The summed E-state index contributed by atoms with van der Waals surface area (Å²) in [6.45, 7) is 1.69. The van der Waals surface area contributed by atoms with Gasteiger partial charge in [0.05, 0.1) is 18.1 Å². The molecule has 0 aliphatic carbocycles. The average Bonchev–Trinajstić information content (AvgIpc) is 2.60. The number of rotatable bonds is 6. The molecule has 0 aliphatic heterocycles. The maximum atomic E-state index is 12.9. The number of hydrogen-bond donors (Lipinski definition) is 0. The minimum atomic E-state index is -4.09. The fraction of sp³-hybridized carbons (Fsp3) is 0.250. The van der Waals surface area contributed by atoms with Crippen LogP contribution in [0.5, 0.6) is 5.75 Å². The van der Waals surface area contributed by atoms with Crippen LogP contribution in [0.1, 0.15) is 18.5 Å². The topological polar surface area (TPSA) is 89.8 Å². The van der Waals surface area contributed by atoms with E-state index in [0.717, 1.165) is 10.4 Å². The number of nitro groups is 1. The smallest absolute Gasteiger partial charge is 0.293 e. The van der Waals surface area contributed by atoms with Crippen LogP contribution in [0, 0.1) is 10.1 Å². The van der Waals surface area contributed by atoms with Crippen LogP contribution in [0.2, 0.25) is 5.02 Å². The summed E-state index contributed by atoms with van der Waals surface area (Å²) in [7, 11) is -1.37. The molecule has 0 bridgehead atoms. The zero-order valence-electron chi connectivity index (χ0n) is 13.8. The van der Waals surface area contributed by atoms with E-state index in [9.17, 15) is 18.5 Å². The zero-order valence-corrected chi connectivity index (χ0v) is 15.4. The maximum Gasteiger partial charge on any atom is 0.293 e. The summed E-state index contributed by atoms with van der Waals surface area (Å²) in [5.74, 6) is 0.207. The lowest BCUT2D eigenvalue weighted by Crippen LogP contribution is -2.30. The Morgan fingerprint density at radius 2 is 1.80 bits per heavy atom. The predicted molar refractivity (Wildman–Crippen MR) is 94.5 cm³/mol. The van der Waals surface area contributed by atoms with E-state index < -0.39 is 26.7 Å². The van der Waals surface area contributed by atoms with E-state index in [1.807, 2.05) is 0 Å². The standard InChI is InChI=1S/C16H17ClN2O5S/c1-11(12-4-6-13(17)7-5-12)18(2)25(22,23)16-9-8-14(24-3)10-15(16)19(20)21/h4-11H,1-3H3/t11-/m1/s1. The molecule has 9 heteroatoms. The minimum Gasteiger partial charge on any atom is -0.497 e. The van der Waals surface area contributed by atoms with Crippen molar-refractivity contribution >= 4 is 27.3 Å². The van der Waals surface area contributed by atoms with Crippen molar-refractivity contribution in [2.75, 3.05) is 14.2 Å². The lowest BCUT2D eigenvalue weighted by atomic mass is 10.1. The molecule has 0 fully saturated rings. The van der Waals surface area contributed by atoms with Gasteiger partial charge < -0.3 is 4.74 Å². The molecule has 0 unspecified atom stereocenters. The second kappa shape index (κ2) is 7.38. The first-order valence-electron chi connectivity index (χ1n) is 7.24. The van der Waals surface area contributed by atoms with Gasteiger partial charge in [0.2, 0.25) is 10.0 Å². The summed E-state index contributed by atoms with van der Waals surface area (Å²) < 4.78 is 31.8. The summed E-state index contributed by atoms with van der Waals surface area (Å²) >= 11 is 5.85. The quantitative estimate of drug-likeness (QED) is 0.560. The van der Waals surface area contributed by atoms with Crippen molar-refractivity contribution in [1.29, 1.82) is 0 Å². The van der Waals surface area contributed by atoms with Gasteiger partial charge in [0.1, 0.15) is 5.75 Å². The van der Waals surface area contributed by atoms with E-state index >= 15 is 0 Å². The number of sulfonamides is 1. The lowest BCUT2D eigenvalue weighted by molar-refractivity contribution is -0.387. The van der Waals surface area contributed by atoms with Gasteiger partial charge in [-0.25, -0.2) is 8.42 Å². The summed E-state index contributed by atoms with van der Waals surface area (Å²) in [4.78, 5) is 10.2. The van der Waals surface area contributed by atoms with Crippen molar-refractivity contribution < 1.29 is 18.1 Å². The van der Waals surface area contributed by atoms with Gasteiger partial charge in [-0.3, -0.25) is 10.1 Å². The second-order valence-corrected chi connectivity index (χ2v) is 7.74. The molecular formula is C16H17ClN2O5S. The normalized spacial score (nSPS) is 12.8. The SMILES string of the molecule is COc1ccc(S(=O)(=O)N(C)[C@H](C)c2ccc(Cl)cc2)c([N+](=O)[O-])c1. The largest absolute Gasteiger partial charge is 0.497 e. The molecule has 0 heterocycles. The molecule has 2 aromatic carbocycles. The molecule has 7 nitrogen and oxygen atoms in total. The zero-order chi connectivity index (χ0) is 18.8. The van der Waals surface area contributed by atoms with Gasteiger partial charge in [-0.2, -0.15) is 4.31 Å². The number of nitro benzene ring substituents is 1. The van der Waals surface area contributed by atoms with Crippen LogP contribution in [0.15, 0.2) is 47.4 Å². The minimum absolute atomic E-state index is 0.207. The third kappa shape index (κ3) is 3.92. The van der Waals surface area contributed by atoms with Crippen LogP contribution < -0.4 is 4.74 Å². The van der Waals surface area contributed by atoms with Crippen LogP contribution in [0.4, 0.5) is 5.69 Å². The van der Waals surface area contributed by atoms with Crippen molar-refractivity contribution in [1.82, 2.24) is 4.31 Å². The maximum absolute atomic E-state index is 12.9. The van der Waals surface area contributed by atoms with Gasteiger partial charge in [0.15, 0.2) is 4.90 Å². The Morgan fingerprint density at radius 1 is 1.20 bits per heavy atom. The molecule has 134 valence electrons. The van der Waals surface area contributed by atoms with E-state index in [-0.39, 0.29) is 10.6 Å². The molecule has 0 amide bonds. The van der Waals surface area contributed by atoms with Crippen LogP contribution in [0.3, 0.4) is 0 Å². The van der Waals surface area contributed by atoms with Gasteiger partial charge in [0, 0.05) is 18.1 Å². The van der Waals surface area contributed by atoms with Crippen LogP contribution in [-0.2, 0) is 10.0 Å². The van der Waals surface area contributed by atoms with Gasteiger partial charge in [-0.15, -0.1) is 0 Å². The van der Waals surface area contributed by atoms with Gasteiger partial charge in [0.25, 0.3) is 5.69 Å². The van der Waals surface area contributed by atoms with Gasteiger partial charge in [-0.1, -0.05) is 23.7 Å². The summed E-state index contributed by atoms with van der Waals surface area (Å²) in [6.07, 6.45) is 0. The predicted octanol–water partition coefficient (Wildman–Crippen LogP) is 3.64. The summed E-state index contributed by atoms with van der Waals surface area (Å²) in [5, 5.41) is 11.8. The van der Waals surface area contributed by atoms with E-state index in [1.165, 1.54) is 26.3 Å². The molecule has 0 spiro atoms. The van der Waals surface area contributed by atoms with E-state index in [0.29, 0.717) is 10.6 Å². The fourth-order valence-electron chi connectivity index (χ4n) is 2.30. The molecular weight excluding hydrogens is 368 g/mol. The lowest BCUT2D eigenvalue weighted by Gasteiger charge is -2.24. The van der Waals surface area contributed by atoms with Crippen LogP contribution >= 0.6 is 11.6 Å². The number of halogens is 1. The van der Waals surface area contributed by atoms with Crippen molar-refractivity contribution in [3.63, 3.8) is 0 Å². The molecule has 25 heavy (non-hydrogen) atoms. The Balaban J connectivity index is 2.47. The second-order valence-electron chi connectivity index (χ2n) is 5.34. The Morgan fingerprint density at radius 3 is 2.32 bits per heavy atom. The third-order valence-electron chi connectivity index (χ3n) is 3.92. The molecule has 2 aromatic rings. The number of ether oxygens (including phenoxy) is 1. The van der Waals surface area contributed by atoms with Gasteiger partial charge in [-0.05, 0) is 36.8 Å². The van der Waals surface area contributed by atoms with E-state index in [2.05, 4.69) is 0 Å². The number of benzene rings is 2. The third-order valence-corrected chi connectivity index (χ3v) is 6.15. The Bertz CT molecular complexity index is 884. The molecule has 0 saturated heterocycles. The number of hydrogen-bond acceptors (Lipinski definition) is 5. The van der Waals surface area contributed by atoms with E-state index in [4.69, 9.17) is 16.3 Å². The molecule has 1 atom stereocenters. The summed E-state index contributed by atoms with van der Waals surface area (Å²) in [6, 6.07) is 9.84. The van der Waals surface area contributed by atoms with Crippen molar-refractivity contribution in [2.45, 2.75) is 17.9 Å². The van der Waals surface area contributed by atoms with E-state index in [1.54, 1.807) is 31.2 Å². The van der Waals surface area contributed by atoms with Gasteiger partial charge >= 0.3 is 0 Å². The van der Waals surface area contributed by atoms with Crippen LogP contribution in [-0.4, -0.2) is 31.8 Å². The highest BCUT2D eigenvalue weighted by Gasteiger charge is 2.33. The Labute approximate surface area is 151 Å². The average molecular weight is 385 g/mol. The number of methoxy groups -OCH3 is 1. The number of nitrogens with zero attached hydrogens (tertiary/aromatic N) is 2. The van der Waals surface area contributed by atoms with Crippen molar-refractivity contribution in [2.24, 2.45) is 0 Å². The monoisotopic (exact) mass is 384 g/mol. The first kappa shape index (κ1) is 19.2. The highest BCUT2D eigenvalue weighted by Crippen LogP contribution is 2.33. The Kier molecular flexibility index (Phi) is 5.66. The highest BCUT2D eigenvalue weighted by atomic mass is 35.5. The molecule has 0 N–H and O–H groups in total. The summed E-state index contributed by atoms with van der Waals surface area (Å²) in [5.41, 5.74) is 0.182. The van der Waals surface area contributed by atoms with Crippen molar-refractivity contribution in [3.8, 4) is 5.75 Å². The Hall–Kier alpha value is -2.16.